The molecule has 0 saturated heterocycles. The van der Waals surface area contributed by atoms with E-state index >= 15 is 0 Å². The first-order chi connectivity index (χ1) is 6.48. The highest BCUT2D eigenvalue weighted by Crippen LogP contribution is 2.33. The number of pyridine rings is 1. The second-order valence-electron chi connectivity index (χ2n) is 3.04. The Morgan fingerprint density at radius 3 is 2.64 bits per heavy atom. The van der Waals surface area contributed by atoms with E-state index in [2.05, 4.69) is 4.98 Å². The highest BCUT2D eigenvalue weighted by Gasteiger charge is 2.34. The maximum atomic E-state index is 12.3. The van der Waals surface area contributed by atoms with E-state index in [-0.39, 0.29) is 0 Å². The fourth-order valence-corrected chi connectivity index (χ4v) is 1.32. The van der Waals surface area contributed by atoms with E-state index in [9.17, 15) is 13.2 Å². The summed E-state index contributed by atoms with van der Waals surface area (Å²) >= 11 is 0. The Morgan fingerprint density at radius 1 is 1.36 bits per heavy atom. The Morgan fingerprint density at radius 2 is 2.07 bits per heavy atom. The highest BCUT2D eigenvalue weighted by atomic mass is 19.4. The van der Waals surface area contributed by atoms with Crippen molar-refractivity contribution in [3.05, 3.63) is 30.1 Å². The van der Waals surface area contributed by atoms with Crippen LogP contribution in [-0.2, 0) is 13.2 Å². The molecule has 0 bridgehead atoms. The smallest absolute Gasteiger partial charge is 0.336 e. The van der Waals surface area contributed by atoms with E-state index < -0.39 is 11.9 Å². The lowest BCUT2D eigenvalue weighted by atomic mass is 10.2. The molecule has 2 aliphatic rings. The van der Waals surface area contributed by atoms with Crippen LogP contribution in [0, 0.1) is 0 Å². The van der Waals surface area contributed by atoms with E-state index in [0.29, 0.717) is 11.4 Å². The number of halogens is 3. The third kappa shape index (κ3) is 1.34. The molecule has 0 aliphatic carbocycles. The van der Waals surface area contributed by atoms with Crippen molar-refractivity contribution < 1.29 is 13.2 Å². The molecule has 2 rings (SSSR count). The minimum Gasteiger partial charge on any atom is -0.336 e. The third-order valence-electron chi connectivity index (χ3n) is 1.99. The Bertz CT molecular complexity index is 430. The van der Waals surface area contributed by atoms with Crippen LogP contribution in [0.3, 0.4) is 0 Å². The molecule has 2 aliphatic heterocycles. The number of fused-ring (bicyclic) bond motifs is 1. The summed E-state index contributed by atoms with van der Waals surface area (Å²) in [7, 11) is 1.66. The topological polar surface area (TPSA) is 17.8 Å². The van der Waals surface area contributed by atoms with Crippen molar-refractivity contribution in [3.8, 4) is 11.4 Å². The van der Waals surface area contributed by atoms with Crippen LogP contribution in [0.5, 0.6) is 0 Å². The molecule has 0 radical (unpaired) electrons. The van der Waals surface area contributed by atoms with E-state index in [1.54, 1.807) is 29.9 Å². The molecule has 74 valence electrons. The van der Waals surface area contributed by atoms with Gasteiger partial charge in [0, 0.05) is 18.8 Å². The molecule has 14 heavy (non-hydrogen) atoms. The van der Waals surface area contributed by atoms with Crippen LogP contribution in [0.4, 0.5) is 13.2 Å². The van der Waals surface area contributed by atoms with Crippen molar-refractivity contribution in [2.75, 3.05) is 0 Å². The van der Waals surface area contributed by atoms with Gasteiger partial charge in [-0.3, -0.25) is 0 Å². The zero-order chi connectivity index (χ0) is 10.3. The van der Waals surface area contributed by atoms with Gasteiger partial charge < -0.3 is 4.57 Å². The molecule has 0 saturated carbocycles. The molecular formula is C9H7F3N2. The lowest BCUT2D eigenvalue weighted by Crippen LogP contribution is -2.05. The number of aromatic nitrogens is 2. The summed E-state index contributed by atoms with van der Waals surface area (Å²) in [5.41, 5.74) is -0.336. The summed E-state index contributed by atoms with van der Waals surface area (Å²) in [6.45, 7) is 0. The van der Waals surface area contributed by atoms with Crippen LogP contribution < -0.4 is 0 Å². The molecular weight excluding hydrogens is 193 g/mol. The minimum absolute atomic E-state index is 0.347. The van der Waals surface area contributed by atoms with Gasteiger partial charge in [-0.15, -0.1) is 0 Å². The Labute approximate surface area is 78.3 Å². The fourth-order valence-electron chi connectivity index (χ4n) is 1.32. The summed E-state index contributed by atoms with van der Waals surface area (Å²) in [6.07, 6.45) is -2.71. The van der Waals surface area contributed by atoms with Crippen LogP contribution >= 0.6 is 0 Å². The predicted octanol–water partition coefficient (Wildman–Crippen LogP) is 2.54. The van der Waals surface area contributed by atoms with Crippen molar-refractivity contribution in [1.29, 1.82) is 0 Å². The average Bonchev–Trinajstić information content (AvgIpc) is 2.48. The van der Waals surface area contributed by atoms with Gasteiger partial charge in [-0.05, 0) is 18.2 Å². The number of rotatable bonds is 0. The van der Waals surface area contributed by atoms with Crippen LogP contribution in [0.2, 0.25) is 0 Å². The van der Waals surface area contributed by atoms with E-state index in [1.807, 2.05) is 0 Å². The molecule has 0 spiro atoms. The summed E-state index contributed by atoms with van der Waals surface area (Å²) in [4.78, 5) is 3.52. The number of nitrogens with zero attached hydrogens (tertiary/aromatic N) is 2. The molecule has 2 heterocycles. The summed E-state index contributed by atoms with van der Waals surface area (Å²) in [5, 5.41) is 0. The van der Waals surface area contributed by atoms with Gasteiger partial charge in [-0.2, -0.15) is 13.2 Å². The number of hydrogen-bond donors (Lipinski definition) is 0. The van der Waals surface area contributed by atoms with Crippen molar-refractivity contribution in [3.63, 3.8) is 0 Å². The van der Waals surface area contributed by atoms with Gasteiger partial charge in [0.1, 0.15) is 11.5 Å². The first-order valence-corrected chi connectivity index (χ1v) is 3.98. The number of aryl methyl sites for hydroxylation is 1. The largest absolute Gasteiger partial charge is 0.433 e. The Kier molecular flexibility index (Phi) is 1.77. The van der Waals surface area contributed by atoms with Crippen molar-refractivity contribution in [2.24, 2.45) is 7.05 Å². The first-order valence-electron chi connectivity index (χ1n) is 3.98. The molecule has 0 aromatic carbocycles. The zero-order valence-corrected chi connectivity index (χ0v) is 7.34. The van der Waals surface area contributed by atoms with E-state index in [0.717, 1.165) is 6.07 Å². The van der Waals surface area contributed by atoms with Crippen LogP contribution in [0.25, 0.3) is 11.4 Å². The standard InChI is InChI=1S/C9H7F3N2/c1-14-4-2-3-6-5-7(9(10,11)12)13-8(6)14/h2-5H,1H3. The van der Waals surface area contributed by atoms with Crippen molar-refractivity contribution in [2.45, 2.75) is 6.18 Å². The van der Waals surface area contributed by atoms with Gasteiger partial charge in [0.15, 0.2) is 0 Å². The maximum absolute atomic E-state index is 12.3. The van der Waals surface area contributed by atoms with Crippen LogP contribution in [0.15, 0.2) is 24.4 Å². The predicted molar refractivity (Wildman–Crippen MR) is 44.8 cm³/mol. The quantitative estimate of drug-likeness (QED) is 0.639. The SMILES string of the molecule is Cn1cccc2cc(C(F)(F)F)nc1-2. The van der Waals surface area contributed by atoms with Crippen molar-refractivity contribution >= 4 is 0 Å². The number of hydrogen-bond acceptors (Lipinski definition) is 1. The molecule has 5 heteroatoms. The Hall–Kier alpha value is -1.52. The second kappa shape index (κ2) is 2.73. The van der Waals surface area contributed by atoms with Gasteiger partial charge in [0.05, 0.1) is 0 Å². The van der Waals surface area contributed by atoms with Gasteiger partial charge in [0.25, 0.3) is 0 Å². The Balaban J connectivity index is 2.63. The third-order valence-corrected chi connectivity index (χ3v) is 1.99. The molecule has 0 fully saturated rings. The fraction of sp³-hybridized carbons (Fsp3) is 0.222. The molecule has 0 aromatic rings. The molecule has 2 nitrogen and oxygen atoms in total. The average molecular weight is 200 g/mol. The van der Waals surface area contributed by atoms with Crippen LogP contribution in [-0.4, -0.2) is 9.55 Å². The first kappa shape index (κ1) is 9.05. The number of alkyl halides is 3. The van der Waals surface area contributed by atoms with Crippen molar-refractivity contribution in [1.82, 2.24) is 9.55 Å². The second-order valence-corrected chi connectivity index (χ2v) is 3.04. The van der Waals surface area contributed by atoms with Gasteiger partial charge in [-0.25, -0.2) is 4.98 Å². The van der Waals surface area contributed by atoms with Crippen LogP contribution in [0.1, 0.15) is 5.69 Å². The van der Waals surface area contributed by atoms with E-state index in [1.165, 1.54) is 0 Å². The maximum Gasteiger partial charge on any atom is 0.433 e. The molecule has 0 aromatic heterocycles. The summed E-state index contributed by atoms with van der Waals surface area (Å²) < 4.78 is 38.4. The molecule has 0 unspecified atom stereocenters. The van der Waals surface area contributed by atoms with Gasteiger partial charge in [-0.1, -0.05) is 0 Å². The lowest BCUT2D eigenvalue weighted by molar-refractivity contribution is -0.140. The normalized spacial score (nSPS) is 12.3. The van der Waals surface area contributed by atoms with Gasteiger partial charge in [0.2, 0.25) is 0 Å². The monoisotopic (exact) mass is 200 g/mol. The summed E-state index contributed by atoms with van der Waals surface area (Å²) in [6, 6.07) is 4.34. The molecule has 0 N–H and O–H groups in total. The minimum atomic E-state index is -4.37. The van der Waals surface area contributed by atoms with Gasteiger partial charge >= 0.3 is 6.18 Å². The lowest BCUT2D eigenvalue weighted by Gasteiger charge is -2.03. The molecule has 0 atom stereocenters. The summed E-state index contributed by atoms with van der Waals surface area (Å²) in [5.74, 6) is 0.347. The highest BCUT2D eigenvalue weighted by molar-refractivity contribution is 5.59. The molecule has 0 amide bonds. The zero-order valence-electron chi connectivity index (χ0n) is 7.34. The van der Waals surface area contributed by atoms with E-state index in [4.69, 9.17) is 0 Å².